The maximum absolute atomic E-state index is 11.4. The van der Waals surface area contributed by atoms with Crippen LogP contribution in [0.5, 0.6) is 0 Å². The molecular formula is C8H12N2O4S. The van der Waals surface area contributed by atoms with E-state index in [4.69, 9.17) is 9.56 Å². The molecule has 0 aliphatic carbocycles. The first-order valence-electron chi connectivity index (χ1n) is 4.23. The van der Waals surface area contributed by atoms with E-state index in [1.165, 1.54) is 12.3 Å². The fraction of sp³-hybridized carbons (Fsp3) is 0.375. The lowest BCUT2D eigenvalue weighted by Crippen LogP contribution is -2.31. The number of rotatable bonds is 4. The van der Waals surface area contributed by atoms with Crippen molar-refractivity contribution < 1.29 is 17.6 Å². The van der Waals surface area contributed by atoms with Gasteiger partial charge in [0.05, 0.1) is 17.6 Å². The second-order valence-corrected chi connectivity index (χ2v) is 4.75. The van der Waals surface area contributed by atoms with Crippen molar-refractivity contribution in [2.75, 3.05) is 12.3 Å². The maximum atomic E-state index is 11.4. The number of nitrogens with two attached hydrogens (primary N) is 1. The topological polar surface area (TPSA) is 102 Å². The van der Waals surface area contributed by atoms with Gasteiger partial charge in [-0.3, -0.25) is 4.79 Å². The summed E-state index contributed by atoms with van der Waals surface area (Å²) in [5, 5.41) is 7.20. The molecule has 1 rings (SSSR count). The highest BCUT2D eigenvalue weighted by atomic mass is 32.2. The Bertz CT molecular complexity index is 449. The van der Waals surface area contributed by atoms with Crippen LogP contribution in [0.25, 0.3) is 0 Å². The molecule has 3 N–H and O–H groups in total. The monoisotopic (exact) mass is 232 g/mol. The average Bonchev–Trinajstić information content (AvgIpc) is 2.48. The fourth-order valence-electron chi connectivity index (χ4n) is 1.02. The lowest BCUT2D eigenvalue weighted by Gasteiger charge is -2.02. The number of nitrogens with one attached hydrogen (secondary N) is 1. The third-order valence-electron chi connectivity index (χ3n) is 1.78. The first kappa shape index (κ1) is 11.7. The predicted molar refractivity (Wildman–Crippen MR) is 53.8 cm³/mol. The van der Waals surface area contributed by atoms with Crippen LogP contribution in [0.1, 0.15) is 16.1 Å². The lowest BCUT2D eigenvalue weighted by molar-refractivity contribution is 0.0954. The van der Waals surface area contributed by atoms with Gasteiger partial charge in [-0.25, -0.2) is 13.6 Å². The van der Waals surface area contributed by atoms with Crippen LogP contribution in [0.15, 0.2) is 16.7 Å². The van der Waals surface area contributed by atoms with Gasteiger partial charge < -0.3 is 9.73 Å². The van der Waals surface area contributed by atoms with Gasteiger partial charge in [0.1, 0.15) is 5.76 Å². The van der Waals surface area contributed by atoms with Crippen molar-refractivity contribution in [1.29, 1.82) is 0 Å². The van der Waals surface area contributed by atoms with E-state index in [0.717, 1.165) is 0 Å². The quantitative estimate of drug-likeness (QED) is 0.737. The molecule has 6 nitrogen and oxygen atoms in total. The van der Waals surface area contributed by atoms with Crippen molar-refractivity contribution in [3.63, 3.8) is 0 Å². The minimum atomic E-state index is -3.54. The first-order valence-corrected chi connectivity index (χ1v) is 5.94. The Hall–Kier alpha value is -1.34. The number of aryl methyl sites for hydroxylation is 1. The smallest absolute Gasteiger partial charge is 0.254 e. The fourth-order valence-corrected chi connectivity index (χ4v) is 1.41. The normalized spacial score (nSPS) is 11.3. The predicted octanol–water partition coefficient (Wildman–Crippen LogP) is -0.394. The van der Waals surface area contributed by atoms with E-state index in [1.807, 2.05) is 0 Å². The van der Waals surface area contributed by atoms with Crippen LogP contribution in [0.3, 0.4) is 0 Å². The van der Waals surface area contributed by atoms with Crippen LogP contribution in [0.4, 0.5) is 0 Å². The highest BCUT2D eigenvalue weighted by Gasteiger charge is 2.11. The third kappa shape index (κ3) is 3.72. The van der Waals surface area contributed by atoms with Crippen molar-refractivity contribution in [3.8, 4) is 0 Å². The van der Waals surface area contributed by atoms with Gasteiger partial charge in [0.2, 0.25) is 10.0 Å². The van der Waals surface area contributed by atoms with Crippen molar-refractivity contribution in [2.45, 2.75) is 6.92 Å². The van der Waals surface area contributed by atoms with Gasteiger partial charge >= 0.3 is 0 Å². The molecule has 7 heteroatoms. The van der Waals surface area contributed by atoms with Crippen molar-refractivity contribution >= 4 is 15.9 Å². The van der Waals surface area contributed by atoms with Gasteiger partial charge in [-0.2, -0.15) is 0 Å². The molecule has 0 unspecified atom stereocenters. The van der Waals surface area contributed by atoms with Gasteiger partial charge in [0.25, 0.3) is 5.91 Å². The van der Waals surface area contributed by atoms with E-state index in [2.05, 4.69) is 5.32 Å². The summed E-state index contributed by atoms with van der Waals surface area (Å²) >= 11 is 0. The Kier molecular flexibility index (Phi) is 3.48. The molecule has 0 spiro atoms. The van der Waals surface area contributed by atoms with Crippen molar-refractivity contribution in [1.82, 2.24) is 5.32 Å². The number of carbonyl (C=O) groups excluding carboxylic acids is 1. The number of sulfonamides is 1. The van der Waals surface area contributed by atoms with E-state index < -0.39 is 10.0 Å². The van der Waals surface area contributed by atoms with E-state index in [1.54, 1.807) is 6.92 Å². The van der Waals surface area contributed by atoms with Crippen LogP contribution in [0.2, 0.25) is 0 Å². The van der Waals surface area contributed by atoms with Crippen LogP contribution < -0.4 is 10.5 Å². The Labute approximate surface area is 87.5 Å². The largest absolute Gasteiger partial charge is 0.469 e. The molecule has 1 aromatic heterocycles. The second kappa shape index (κ2) is 4.45. The number of primary sulfonamides is 1. The van der Waals surface area contributed by atoms with Gasteiger partial charge in [0, 0.05) is 6.54 Å². The zero-order valence-corrected chi connectivity index (χ0v) is 9.00. The van der Waals surface area contributed by atoms with Crippen LogP contribution >= 0.6 is 0 Å². The van der Waals surface area contributed by atoms with Crippen LogP contribution in [-0.4, -0.2) is 26.6 Å². The molecule has 0 aliphatic rings. The van der Waals surface area contributed by atoms with E-state index in [-0.39, 0.29) is 18.2 Å². The molecule has 0 saturated heterocycles. The number of hydrogen-bond donors (Lipinski definition) is 2. The molecule has 1 amide bonds. The van der Waals surface area contributed by atoms with Crippen LogP contribution in [-0.2, 0) is 10.0 Å². The SMILES string of the molecule is Cc1occc1C(=O)NCCS(N)(=O)=O. The molecule has 0 radical (unpaired) electrons. The summed E-state index contributed by atoms with van der Waals surface area (Å²) in [6, 6.07) is 1.52. The van der Waals surface area contributed by atoms with E-state index in [9.17, 15) is 13.2 Å². The van der Waals surface area contributed by atoms with Crippen molar-refractivity contribution in [3.05, 3.63) is 23.7 Å². The summed E-state index contributed by atoms with van der Waals surface area (Å²) in [5.41, 5.74) is 0.393. The average molecular weight is 232 g/mol. The summed E-state index contributed by atoms with van der Waals surface area (Å²) < 4.78 is 26.1. The maximum Gasteiger partial charge on any atom is 0.254 e. The Morgan fingerprint density at radius 1 is 1.60 bits per heavy atom. The molecule has 1 heterocycles. The summed E-state index contributed by atoms with van der Waals surface area (Å²) in [5.74, 6) is -0.164. The van der Waals surface area contributed by atoms with E-state index in [0.29, 0.717) is 11.3 Å². The summed E-state index contributed by atoms with van der Waals surface area (Å²) in [7, 11) is -3.54. The lowest BCUT2D eigenvalue weighted by atomic mass is 10.2. The molecule has 15 heavy (non-hydrogen) atoms. The molecule has 1 aromatic rings. The standard InChI is InChI=1S/C8H12N2O4S/c1-6-7(2-4-14-6)8(11)10-3-5-15(9,12)13/h2,4H,3,5H2,1H3,(H,10,11)(H2,9,12,13). The molecule has 0 saturated carbocycles. The number of hydrogen-bond acceptors (Lipinski definition) is 4. The van der Waals surface area contributed by atoms with Gasteiger partial charge in [-0.1, -0.05) is 0 Å². The highest BCUT2D eigenvalue weighted by Crippen LogP contribution is 2.07. The molecule has 0 bridgehead atoms. The molecule has 0 aromatic carbocycles. The Balaban J connectivity index is 2.48. The summed E-state index contributed by atoms with van der Waals surface area (Å²) in [4.78, 5) is 11.4. The van der Waals surface area contributed by atoms with E-state index >= 15 is 0 Å². The summed E-state index contributed by atoms with van der Waals surface area (Å²) in [6.07, 6.45) is 1.39. The number of carbonyl (C=O) groups is 1. The zero-order valence-electron chi connectivity index (χ0n) is 8.19. The highest BCUT2D eigenvalue weighted by molar-refractivity contribution is 7.89. The summed E-state index contributed by atoms with van der Waals surface area (Å²) in [6.45, 7) is 1.64. The van der Waals surface area contributed by atoms with Gasteiger partial charge in [-0.05, 0) is 13.0 Å². The minimum Gasteiger partial charge on any atom is -0.469 e. The molecule has 0 aliphatic heterocycles. The molecular weight excluding hydrogens is 220 g/mol. The first-order chi connectivity index (χ1) is 6.90. The molecule has 84 valence electrons. The second-order valence-electron chi connectivity index (χ2n) is 3.01. The number of amides is 1. The Morgan fingerprint density at radius 3 is 2.73 bits per heavy atom. The minimum absolute atomic E-state index is 0.0116. The number of furan rings is 1. The molecule has 0 fully saturated rings. The molecule has 0 atom stereocenters. The van der Waals surface area contributed by atoms with Crippen LogP contribution in [0, 0.1) is 6.92 Å². The van der Waals surface area contributed by atoms with Gasteiger partial charge in [0.15, 0.2) is 0 Å². The van der Waals surface area contributed by atoms with Crippen molar-refractivity contribution in [2.24, 2.45) is 5.14 Å². The van der Waals surface area contributed by atoms with Gasteiger partial charge in [-0.15, -0.1) is 0 Å². The Morgan fingerprint density at radius 2 is 2.27 bits per heavy atom. The third-order valence-corrected chi connectivity index (χ3v) is 2.55. The zero-order chi connectivity index (χ0) is 11.5.